The number of nitrogens with zero attached hydrogens (tertiary/aromatic N) is 1. The van der Waals surface area contributed by atoms with E-state index in [1.165, 1.54) is 12.2 Å². The summed E-state index contributed by atoms with van der Waals surface area (Å²) in [6, 6.07) is 1.09. The molecule has 2 atom stereocenters. The van der Waals surface area contributed by atoms with Crippen molar-refractivity contribution in [3.8, 4) is 0 Å². The quantitative estimate of drug-likeness (QED) is 0.201. The van der Waals surface area contributed by atoms with Crippen LogP contribution in [0.25, 0.3) is 0 Å². The molecular formula is C19H43NO5Si2. The van der Waals surface area contributed by atoms with Gasteiger partial charge in [0, 0.05) is 21.7 Å². The summed E-state index contributed by atoms with van der Waals surface area (Å²) in [5.74, 6) is -0.143. The van der Waals surface area contributed by atoms with Crippen molar-refractivity contribution >= 4 is 22.3 Å². The maximum absolute atomic E-state index is 12.3. The molecule has 0 aliphatic rings. The van der Waals surface area contributed by atoms with E-state index in [2.05, 4.69) is 53.5 Å². The second-order valence-corrected chi connectivity index (χ2v) is 20.3. The second-order valence-electron chi connectivity index (χ2n) is 9.90. The summed E-state index contributed by atoms with van der Waals surface area (Å²) in [5, 5.41) is 1.31. The molecule has 0 aliphatic heterocycles. The topological polar surface area (TPSA) is 57.2 Å². The highest BCUT2D eigenvalue weighted by Gasteiger charge is 2.40. The Labute approximate surface area is 169 Å². The average Bonchev–Trinajstić information content (AvgIpc) is 2.49. The maximum Gasteiger partial charge on any atom is 0.248 e. The summed E-state index contributed by atoms with van der Waals surface area (Å²) in [7, 11) is -0.0246. The minimum atomic E-state index is -1.97. The van der Waals surface area contributed by atoms with Gasteiger partial charge in [0.1, 0.15) is 6.79 Å². The lowest BCUT2D eigenvalue weighted by Crippen LogP contribution is -2.47. The van der Waals surface area contributed by atoms with Crippen LogP contribution in [0.2, 0.25) is 43.8 Å². The number of rotatable bonds is 12. The number of ether oxygens (including phenoxy) is 2. The number of hydroxylamine groups is 2. The van der Waals surface area contributed by atoms with Gasteiger partial charge in [0.05, 0.1) is 25.7 Å². The molecule has 0 aliphatic carbocycles. The lowest BCUT2D eigenvalue weighted by atomic mass is 10.1. The molecule has 0 heterocycles. The molecular weight excluding hydrogens is 378 g/mol. The third-order valence-electron chi connectivity index (χ3n) is 5.17. The number of hydrogen-bond acceptors (Lipinski definition) is 5. The summed E-state index contributed by atoms with van der Waals surface area (Å²) < 4.78 is 18.0. The Morgan fingerprint density at radius 3 is 2.11 bits per heavy atom. The van der Waals surface area contributed by atoms with Crippen molar-refractivity contribution < 1.29 is 23.5 Å². The van der Waals surface area contributed by atoms with Crippen molar-refractivity contribution in [1.29, 1.82) is 0 Å². The van der Waals surface area contributed by atoms with Gasteiger partial charge in [0.15, 0.2) is 8.32 Å². The minimum Gasteiger partial charge on any atom is -0.412 e. The summed E-state index contributed by atoms with van der Waals surface area (Å²) in [5.41, 5.74) is 0. The van der Waals surface area contributed by atoms with Crippen molar-refractivity contribution in [3.05, 3.63) is 0 Å². The van der Waals surface area contributed by atoms with E-state index in [0.717, 1.165) is 6.04 Å². The van der Waals surface area contributed by atoms with Gasteiger partial charge in [-0.2, -0.15) is 0 Å². The lowest BCUT2D eigenvalue weighted by Gasteiger charge is -2.40. The highest BCUT2D eigenvalue weighted by atomic mass is 28.4. The lowest BCUT2D eigenvalue weighted by molar-refractivity contribution is -0.177. The van der Waals surface area contributed by atoms with Crippen LogP contribution in [-0.4, -0.2) is 67.1 Å². The van der Waals surface area contributed by atoms with Crippen molar-refractivity contribution in [2.45, 2.75) is 90.1 Å². The van der Waals surface area contributed by atoms with E-state index in [4.69, 9.17) is 18.7 Å². The van der Waals surface area contributed by atoms with Crippen LogP contribution in [0, 0.1) is 0 Å². The van der Waals surface area contributed by atoms with Crippen molar-refractivity contribution in [2.24, 2.45) is 0 Å². The fraction of sp³-hybridized carbons (Fsp3) is 0.947. The third-order valence-corrected chi connectivity index (χ3v) is 11.5. The summed E-state index contributed by atoms with van der Waals surface area (Å²) in [4.78, 5) is 17.3. The van der Waals surface area contributed by atoms with Crippen LogP contribution in [0.15, 0.2) is 0 Å². The first-order chi connectivity index (χ1) is 12.1. The predicted molar refractivity (Wildman–Crippen MR) is 116 cm³/mol. The normalized spacial score (nSPS) is 15.5. The van der Waals surface area contributed by atoms with Crippen molar-refractivity contribution in [2.75, 3.05) is 27.6 Å². The van der Waals surface area contributed by atoms with Gasteiger partial charge in [-0.25, -0.2) is 5.06 Å². The molecule has 0 saturated carbocycles. The summed E-state index contributed by atoms with van der Waals surface area (Å²) >= 11 is 0. The van der Waals surface area contributed by atoms with E-state index in [-0.39, 0.29) is 36.4 Å². The van der Waals surface area contributed by atoms with Crippen LogP contribution in [0.5, 0.6) is 0 Å². The second kappa shape index (κ2) is 11.1. The first-order valence-corrected chi connectivity index (χ1v) is 16.4. The summed E-state index contributed by atoms with van der Waals surface area (Å²) in [6.45, 7) is 20.8. The molecule has 0 rings (SSSR count). The van der Waals surface area contributed by atoms with E-state index in [9.17, 15) is 4.79 Å². The third kappa shape index (κ3) is 10.7. The predicted octanol–water partition coefficient (Wildman–Crippen LogP) is 4.50. The zero-order chi connectivity index (χ0) is 21.5. The molecule has 162 valence electrons. The van der Waals surface area contributed by atoms with E-state index in [1.54, 1.807) is 7.05 Å². The Hall–Kier alpha value is -0.256. The summed E-state index contributed by atoms with van der Waals surface area (Å²) in [6.07, 6.45) is -0.394. The molecule has 0 saturated heterocycles. The number of carbonyl (C=O) groups excluding carboxylic acids is 1. The van der Waals surface area contributed by atoms with Crippen LogP contribution < -0.4 is 0 Å². The van der Waals surface area contributed by atoms with Crippen molar-refractivity contribution in [1.82, 2.24) is 5.06 Å². The monoisotopic (exact) mass is 421 g/mol. The van der Waals surface area contributed by atoms with E-state index in [1.807, 2.05) is 6.92 Å². The van der Waals surface area contributed by atoms with E-state index < -0.39 is 16.4 Å². The standard InChI is InChI=1S/C19H43NO5Si2/c1-16(25-27(10,11)19(2,3)4)17(14-18(21)20(5)22-6)24-15-23-12-13-26(7,8)9/h16-17H,12-15H2,1-11H3/t16-,17-/m1/s1. The molecule has 6 nitrogen and oxygen atoms in total. The minimum absolute atomic E-state index is 0.0903. The fourth-order valence-electron chi connectivity index (χ4n) is 2.05. The van der Waals surface area contributed by atoms with Gasteiger partial charge in [-0.05, 0) is 31.1 Å². The van der Waals surface area contributed by atoms with Crippen LogP contribution >= 0.6 is 0 Å². The molecule has 27 heavy (non-hydrogen) atoms. The molecule has 8 heteroatoms. The van der Waals surface area contributed by atoms with Crippen LogP contribution in [0.3, 0.4) is 0 Å². The molecule has 0 N–H and O–H groups in total. The Bertz CT molecular complexity index is 446. The first-order valence-electron chi connectivity index (χ1n) is 9.78. The maximum atomic E-state index is 12.3. The van der Waals surface area contributed by atoms with Crippen LogP contribution in [0.4, 0.5) is 0 Å². The Morgan fingerprint density at radius 1 is 1.11 bits per heavy atom. The van der Waals surface area contributed by atoms with Crippen LogP contribution in [-0.2, 0) is 23.5 Å². The molecule has 0 bridgehead atoms. The number of carbonyl (C=O) groups is 1. The molecule has 0 fully saturated rings. The molecule has 0 spiro atoms. The molecule has 0 unspecified atom stereocenters. The van der Waals surface area contributed by atoms with Gasteiger partial charge in [0.2, 0.25) is 5.91 Å². The largest absolute Gasteiger partial charge is 0.412 e. The fourth-order valence-corrected chi connectivity index (χ4v) is 4.24. The Kier molecular flexibility index (Phi) is 11.0. The Morgan fingerprint density at radius 2 is 1.67 bits per heavy atom. The molecule has 0 aromatic carbocycles. The SMILES string of the molecule is CON(C)C(=O)C[C@@H](OCOCC[Si](C)(C)C)[C@@H](C)O[Si](C)(C)C(C)(C)C. The zero-order valence-corrected chi connectivity index (χ0v) is 21.5. The number of hydrogen-bond donors (Lipinski definition) is 0. The molecule has 0 aromatic heterocycles. The van der Waals surface area contributed by atoms with E-state index >= 15 is 0 Å². The van der Waals surface area contributed by atoms with Crippen molar-refractivity contribution in [3.63, 3.8) is 0 Å². The highest BCUT2D eigenvalue weighted by molar-refractivity contribution is 6.76. The van der Waals surface area contributed by atoms with Gasteiger partial charge in [-0.15, -0.1) is 0 Å². The highest BCUT2D eigenvalue weighted by Crippen LogP contribution is 2.38. The van der Waals surface area contributed by atoms with Crippen LogP contribution in [0.1, 0.15) is 34.1 Å². The smallest absolute Gasteiger partial charge is 0.248 e. The molecule has 0 radical (unpaired) electrons. The van der Waals surface area contributed by atoms with Gasteiger partial charge in [-0.3, -0.25) is 9.63 Å². The van der Waals surface area contributed by atoms with Gasteiger partial charge >= 0.3 is 0 Å². The Balaban J connectivity index is 4.89. The van der Waals surface area contributed by atoms with Gasteiger partial charge in [0.25, 0.3) is 0 Å². The zero-order valence-electron chi connectivity index (χ0n) is 19.5. The van der Waals surface area contributed by atoms with Gasteiger partial charge < -0.3 is 13.9 Å². The average molecular weight is 422 g/mol. The van der Waals surface area contributed by atoms with E-state index in [0.29, 0.717) is 6.61 Å². The van der Waals surface area contributed by atoms with Gasteiger partial charge in [-0.1, -0.05) is 40.4 Å². The number of amides is 1. The molecule has 1 amide bonds. The molecule has 0 aromatic rings. The first kappa shape index (κ1) is 26.7.